The predicted octanol–water partition coefficient (Wildman–Crippen LogP) is 4.39. The number of hydrogen-bond donors (Lipinski definition) is 0. The van der Waals surface area contributed by atoms with Crippen LogP contribution in [0.4, 0.5) is 4.39 Å². The highest BCUT2D eigenvalue weighted by molar-refractivity contribution is 5.86. The van der Waals surface area contributed by atoms with Gasteiger partial charge in [0, 0.05) is 5.71 Å². The maximum Gasteiger partial charge on any atom is 0.0947 e. The maximum atomic E-state index is 12.5. The van der Waals surface area contributed by atoms with Crippen LogP contribution in [0.3, 0.4) is 0 Å². The molecule has 88 valence electrons. The van der Waals surface area contributed by atoms with Gasteiger partial charge in [0.05, 0.1) is 12.4 Å². The lowest BCUT2D eigenvalue weighted by atomic mass is 9.95. The van der Waals surface area contributed by atoms with Gasteiger partial charge >= 0.3 is 0 Å². The van der Waals surface area contributed by atoms with Crippen molar-refractivity contribution in [3.63, 3.8) is 0 Å². The Balaban J connectivity index is 4.32. The molecule has 0 amide bonds. The molecule has 0 aromatic rings. The van der Waals surface area contributed by atoms with E-state index in [9.17, 15) is 4.39 Å². The van der Waals surface area contributed by atoms with Crippen LogP contribution in [0, 0.1) is 11.8 Å². The number of aliphatic imine (C=N–C) groups is 1. The van der Waals surface area contributed by atoms with Gasteiger partial charge in [0.15, 0.2) is 0 Å². The molecule has 0 bridgehead atoms. The summed E-state index contributed by atoms with van der Waals surface area (Å²) in [6, 6.07) is 0. The third-order valence-corrected chi connectivity index (χ3v) is 2.59. The average molecular weight is 213 g/mol. The van der Waals surface area contributed by atoms with Gasteiger partial charge < -0.3 is 0 Å². The van der Waals surface area contributed by atoms with Gasteiger partial charge in [-0.1, -0.05) is 34.1 Å². The normalized spacial score (nSPS) is 15.9. The van der Waals surface area contributed by atoms with Crippen LogP contribution in [-0.2, 0) is 0 Å². The molecule has 0 aliphatic carbocycles. The van der Waals surface area contributed by atoms with E-state index in [4.69, 9.17) is 0 Å². The molecule has 0 rings (SSSR count). The largest absolute Gasteiger partial charge is 0.290 e. The van der Waals surface area contributed by atoms with E-state index in [1.54, 1.807) is 0 Å². The molecule has 0 saturated carbocycles. The number of halogens is 1. The van der Waals surface area contributed by atoms with Gasteiger partial charge in [-0.05, 0) is 31.3 Å². The summed E-state index contributed by atoms with van der Waals surface area (Å²) < 4.78 is 12.5. The lowest BCUT2D eigenvalue weighted by molar-refractivity contribution is 0.574. The summed E-state index contributed by atoms with van der Waals surface area (Å²) in [6.07, 6.45) is 3.73. The Labute approximate surface area is 93.5 Å². The Hall–Kier alpha value is -0.660. The Bertz CT molecular complexity index is 225. The van der Waals surface area contributed by atoms with Crippen LogP contribution in [0.25, 0.3) is 0 Å². The van der Waals surface area contributed by atoms with Crippen LogP contribution in [0.2, 0.25) is 0 Å². The zero-order valence-electron chi connectivity index (χ0n) is 10.7. The van der Waals surface area contributed by atoms with Crippen LogP contribution in [0.1, 0.15) is 47.5 Å². The number of rotatable bonds is 6. The SMILES string of the molecule is CCC(C)CC(=NCC=C(C)F)C(C)C. The van der Waals surface area contributed by atoms with Crippen molar-refractivity contribution in [2.45, 2.75) is 47.5 Å². The molecule has 0 heterocycles. The summed E-state index contributed by atoms with van der Waals surface area (Å²) in [5, 5.41) is 0. The second kappa shape index (κ2) is 7.61. The zero-order valence-corrected chi connectivity index (χ0v) is 10.7. The van der Waals surface area contributed by atoms with Gasteiger partial charge in [0.2, 0.25) is 0 Å². The van der Waals surface area contributed by atoms with Crippen molar-refractivity contribution < 1.29 is 4.39 Å². The first kappa shape index (κ1) is 14.3. The van der Waals surface area contributed by atoms with E-state index in [0.717, 1.165) is 6.42 Å². The van der Waals surface area contributed by atoms with Crippen molar-refractivity contribution >= 4 is 5.71 Å². The predicted molar refractivity (Wildman–Crippen MR) is 66.1 cm³/mol. The van der Waals surface area contributed by atoms with E-state index in [1.165, 1.54) is 25.1 Å². The van der Waals surface area contributed by atoms with Crippen LogP contribution in [0.5, 0.6) is 0 Å². The molecule has 1 atom stereocenters. The molecule has 0 aromatic heterocycles. The fourth-order valence-corrected chi connectivity index (χ4v) is 1.27. The van der Waals surface area contributed by atoms with Crippen molar-refractivity contribution in [3.05, 3.63) is 11.9 Å². The molecule has 0 radical (unpaired) electrons. The van der Waals surface area contributed by atoms with Crippen LogP contribution < -0.4 is 0 Å². The standard InChI is InChI=1S/C13H24FN/c1-6-11(4)9-13(10(2)3)15-8-7-12(5)14/h7,10-11H,6,8-9H2,1-5H3. The molecule has 0 aliphatic rings. The van der Waals surface area contributed by atoms with Gasteiger partial charge in [-0.2, -0.15) is 0 Å². The highest BCUT2D eigenvalue weighted by atomic mass is 19.1. The maximum absolute atomic E-state index is 12.5. The fourth-order valence-electron chi connectivity index (χ4n) is 1.27. The van der Waals surface area contributed by atoms with Crippen molar-refractivity contribution in [1.82, 2.24) is 0 Å². The van der Waals surface area contributed by atoms with Crippen LogP contribution in [0.15, 0.2) is 16.9 Å². The Morgan fingerprint density at radius 2 is 1.93 bits per heavy atom. The quantitative estimate of drug-likeness (QED) is 0.580. The van der Waals surface area contributed by atoms with Crippen molar-refractivity contribution in [1.29, 1.82) is 0 Å². The Morgan fingerprint density at radius 3 is 2.33 bits per heavy atom. The first-order valence-corrected chi connectivity index (χ1v) is 5.82. The summed E-state index contributed by atoms with van der Waals surface area (Å²) in [5.74, 6) is 0.985. The smallest absolute Gasteiger partial charge is 0.0947 e. The number of allylic oxidation sites excluding steroid dienone is 1. The van der Waals surface area contributed by atoms with Gasteiger partial charge in [-0.25, -0.2) is 4.39 Å². The van der Waals surface area contributed by atoms with Gasteiger partial charge in [0.25, 0.3) is 0 Å². The van der Waals surface area contributed by atoms with E-state index in [0.29, 0.717) is 18.4 Å². The third kappa shape index (κ3) is 7.29. The zero-order chi connectivity index (χ0) is 11.8. The van der Waals surface area contributed by atoms with E-state index in [2.05, 4.69) is 32.7 Å². The van der Waals surface area contributed by atoms with Crippen LogP contribution >= 0.6 is 0 Å². The molecule has 1 unspecified atom stereocenters. The van der Waals surface area contributed by atoms with Crippen LogP contribution in [-0.4, -0.2) is 12.3 Å². The van der Waals surface area contributed by atoms with Gasteiger partial charge in [-0.3, -0.25) is 4.99 Å². The van der Waals surface area contributed by atoms with Gasteiger partial charge in [-0.15, -0.1) is 0 Å². The molecule has 0 saturated heterocycles. The number of hydrogen-bond acceptors (Lipinski definition) is 1. The van der Waals surface area contributed by atoms with E-state index in [-0.39, 0.29) is 5.83 Å². The molecule has 1 nitrogen and oxygen atoms in total. The fraction of sp³-hybridized carbons (Fsp3) is 0.769. The Morgan fingerprint density at radius 1 is 1.33 bits per heavy atom. The van der Waals surface area contributed by atoms with E-state index >= 15 is 0 Å². The minimum Gasteiger partial charge on any atom is -0.290 e. The molecule has 0 aliphatic heterocycles. The first-order valence-electron chi connectivity index (χ1n) is 5.82. The highest BCUT2D eigenvalue weighted by Crippen LogP contribution is 2.13. The molecular formula is C13H24FN. The van der Waals surface area contributed by atoms with Crippen molar-refractivity contribution in [2.24, 2.45) is 16.8 Å². The third-order valence-electron chi connectivity index (χ3n) is 2.59. The molecular weight excluding hydrogens is 189 g/mol. The molecule has 0 aromatic carbocycles. The summed E-state index contributed by atoms with van der Waals surface area (Å²) in [6.45, 7) is 10.6. The second-order valence-corrected chi connectivity index (χ2v) is 4.50. The summed E-state index contributed by atoms with van der Waals surface area (Å²) in [5.41, 5.74) is 1.21. The Kier molecular flexibility index (Phi) is 7.27. The van der Waals surface area contributed by atoms with Crippen molar-refractivity contribution in [2.75, 3.05) is 6.54 Å². The van der Waals surface area contributed by atoms with E-state index in [1.807, 2.05) is 0 Å². The summed E-state index contributed by atoms with van der Waals surface area (Å²) in [4.78, 5) is 4.45. The lowest BCUT2D eigenvalue weighted by Gasteiger charge is -2.14. The molecule has 2 heteroatoms. The minimum absolute atomic E-state index is 0.148. The summed E-state index contributed by atoms with van der Waals surface area (Å²) in [7, 11) is 0. The van der Waals surface area contributed by atoms with E-state index < -0.39 is 0 Å². The minimum atomic E-state index is -0.148. The molecule has 0 fully saturated rings. The summed E-state index contributed by atoms with van der Waals surface area (Å²) >= 11 is 0. The second-order valence-electron chi connectivity index (χ2n) is 4.50. The number of nitrogens with zero attached hydrogens (tertiary/aromatic N) is 1. The van der Waals surface area contributed by atoms with Gasteiger partial charge in [0.1, 0.15) is 0 Å². The first-order chi connectivity index (χ1) is 6.97. The monoisotopic (exact) mass is 213 g/mol. The van der Waals surface area contributed by atoms with Crippen molar-refractivity contribution in [3.8, 4) is 0 Å². The lowest BCUT2D eigenvalue weighted by Crippen LogP contribution is -2.12. The molecule has 0 N–H and O–H groups in total. The highest BCUT2D eigenvalue weighted by Gasteiger charge is 2.08. The molecule has 0 spiro atoms. The topological polar surface area (TPSA) is 12.4 Å². The average Bonchev–Trinajstić information content (AvgIpc) is 2.15. The molecule has 15 heavy (non-hydrogen) atoms.